The molecule has 5 rings (SSSR count). The van der Waals surface area contributed by atoms with Gasteiger partial charge in [0.15, 0.2) is 5.79 Å². The van der Waals surface area contributed by atoms with Gasteiger partial charge in [-0.3, -0.25) is 4.79 Å². The van der Waals surface area contributed by atoms with Crippen molar-refractivity contribution in [2.45, 2.75) is 44.8 Å². The molecule has 6 nitrogen and oxygen atoms in total. The van der Waals surface area contributed by atoms with Gasteiger partial charge in [0.2, 0.25) is 0 Å². The number of aliphatic hydroxyl groups is 2. The van der Waals surface area contributed by atoms with Crippen LogP contribution in [0.1, 0.15) is 39.0 Å². The Kier molecular flexibility index (Phi) is 3.95. The highest BCUT2D eigenvalue weighted by Gasteiger charge is 2.67. The predicted octanol–water partition coefficient (Wildman–Crippen LogP) is 1.09. The Morgan fingerprint density at radius 2 is 1.67 bits per heavy atom. The van der Waals surface area contributed by atoms with Crippen molar-refractivity contribution in [1.29, 1.82) is 0 Å². The van der Waals surface area contributed by atoms with E-state index in [1.54, 1.807) is 0 Å². The van der Waals surface area contributed by atoms with Gasteiger partial charge >= 0.3 is 5.97 Å². The molecule has 0 aromatic rings. The molecule has 24 heavy (non-hydrogen) atoms. The van der Waals surface area contributed by atoms with Crippen LogP contribution in [0.3, 0.4) is 0 Å². The fraction of sp³-hybridized carbons (Fsp3) is 0.944. The maximum absolute atomic E-state index is 12.6. The zero-order valence-corrected chi connectivity index (χ0v) is 14.3. The molecule has 2 N–H and O–H groups in total. The van der Waals surface area contributed by atoms with Gasteiger partial charge < -0.3 is 24.4 Å². The summed E-state index contributed by atoms with van der Waals surface area (Å²) in [4.78, 5) is 12.6. The summed E-state index contributed by atoms with van der Waals surface area (Å²) in [6.07, 6.45) is 4.53. The first-order valence-corrected chi connectivity index (χ1v) is 9.18. The number of aliphatic hydroxyl groups excluding tert-OH is 2. The first kappa shape index (κ1) is 16.8. The van der Waals surface area contributed by atoms with Crippen LogP contribution in [-0.2, 0) is 19.0 Å². The monoisotopic (exact) mass is 340 g/mol. The topological polar surface area (TPSA) is 85.2 Å². The van der Waals surface area contributed by atoms with Crippen molar-refractivity contribution in [3.8, 4) is 0 Å². The van der Waals surface area contributed by atoms with Gasteiger partial charge in [0.1, 0.15) is 0 Å². The van der Waals surface area contributed by atoms with Crippen molar-refractivity contribution >= 4 is 5.97 Å². The van der Waals surface area contributed by atoms with E-state index in [9.17, 15) is 15.0 Å². The average molecular weight is 340 g/mol. The molecule has 136 valence electrons. The molecule has 5 aliphatic rings. The lowest BCUT2D eigenvalue weighted by Crippen LogP contribution is -2.68. The van der Waals surface area contributed by atoms with Gasteiger partial charge in [-0.2, -0.15) is 0 Å². The number of carbonyl (C=O) groups excluding carboxylic acids is 1. The number of rotatable bonds is 4. The fourth-order valence-electron chi connectivity index (χ4n) is 5.78. The van der Waals surface area contributed by atoms with Crippen molar-refractivity contribution < 1.29 is 29.2 Å². The number of hydrogen-bond acceptors (Lipinski definition) is 6. The lowest BCUT2D eigenvalue weighted by atomic mass is 9.47. The van der Waals surface area contributed by atoms with Crippen LogP contribution in [0, 0.1) is 28.6 Å². The van der Waals surface area contributed by atoms with Crippen LogP contribution in [0.2, 0.25) is 0 Å². The maximum atomic E-state index is 12.6. The molecule has 2 atom stereocenters. The number of carbonyl (C=O) groups is 1. The third-order valence-corrected chi connectivity index (χ3v) is 6.91. The highest BCUT2D eigenvalue weighted by atomic mass is 16.7. The van der Waals surface area contributed by atoms with Gasteiger partial charge in [-0.15, -0.1) is 0 Å². The summed E-state index contributed by atoms with van der Waals surface area (Å²) in [6.45, 7) is 2.60. The van der Waals surface area contributed by atoms with Crippen LogP contribution >= 0.6 is 0 Å². The van der Waals surface area contributed by atoms with Crippen molar-refractivity contribution in [3.05, 3.63) is 0 Å². The Bertz CT molecular complexity index is 486. The SMILES string of the molecule is CCOC(=O)C12CC3CC(C1)C1(OCC(CO)(CO)CO1)C(C3)C2. The summed E-state index contributed by atoms with van der Waals surface area (Å²) in [6, 6.07) is 0. The Hall–Kier alpha value is -0.690. The molecule has 4 aliphatic carbocycles. The molecule has 4 bridgehead atoms. The van der Waals surface area contributed by atoms with Gasteiger partial charge in [-0.1, -0.05) is 0 Å². The zero-order chi connectivity index (χ0) is 17.0. The molecule has 0 amide bonds. The molecule has 1 heterocycles. The van der Waals surface area contributed by atoms with Crippen LogP contribution < -0.4 is 0 Å². The van der Waals surface area contributed by atoms with E-state index >= 15 is 0 Å². The number of ether oxygens (including phenoxy) is 3. The quantitative estimate of drug-likeness (QED) is 0.745. The van der Waals surface area contributed by atoms with Gasteiger partial charge in [0.25, 0.3) is 0 Å². The first-order valence-electron chi connectivity index (χ1n) is 9.18. The van der Waals surface area contributed by atoms with E-state index in [0.29, 0.717) is 25.7 Å². The van der Waals surface area contributed by atoms with Crippen molar-refractivity contribution in [2.75, 3.05) is 33.0 Å². The van der Waals surface area contributed by atoms with Crippen LogP contribution in [-0.4, -0.2) is 55.0 Å². The Balaban J connectivity index is 1.56. The molecule has 1 spiro atoms. The molecule has 2 unspecified atom stereocenters. The third kappa shape index (κ3) is 2.19. The van der Waals surface area contributed by atoms with Crippen LogP contribution in [0.4, 0.5) is 0 Å². The summed E-state index contributed by atoms with van der Waals surface area (Å²) in [5, 5.41) is 19.1. The average Bonchev–Trinajstić information content (AvgIpc) is 2.60. The van der Waals surface area contributed by atoms with Gasteiger partial charge in [0.05, 0.1) is 43.9 Å². The summed E-state index contributed by atoms with van der Waals surface area (Å²) in [5.74, 6) is 0.259. The smallest absolute Gasteiger partial charge is 0.312 e. The zero-order valence-electron chi connectivity index (χ0n) is 14.3. The summed E-state index contributed by atoms with van der Waals surface area (Å²) in [7, 11) is 0. The van der Waals surface area contributed by atoms with Crippen molar-refractivity contribution in [1.82, 2.24) is 0 Å². The summed E-state index contributed by atoms with van der Waals surface area (Å²) in [5.41, 5.74) is -1.06. The Morgan fingerprint density at radius 1 is 1.08 bits per heavy atom. The minimum Gasteiger partial charge on any atom is -0.466 e. The summed E-state index contributed by atoms with van der Waals surface area (Å²) < 4.78 is 17.8. The summed E-state index contributed by atoms with van der Waals surface area (Å²) >= 11 is 0. The normalized spacial score (nSPS) is 41.5. The second kappa shape index (κ2) is 5.66. The highest BCUT2D eigenvalue weighted by molar-refractivity contribution is 5.77. The van der Waals surface area contributed by atoms with E-state index in [-0.39, 0.29) is 36.4 Å². The molecule has 1 saturated heterocycles. The Morgan fingerprint density at radius 3 is 2.17 bits per heavy atom. The maximum Gasteiger partial charge on any atom is 0.312 e. The van der Waals surface area contributed by atoms with Gasteiger partial charge in [0, 0.05) is 11.8 Å². The van der Waals surface area contributed by atoms with Crippen molar-refractivity contribution in [2.24, 2.45) is 28.6 Å². The van der Waals surface area contributed by atoms with Crippen molar-refractivity contribution in [3.63, 3.8) is 0 Å². The van der Waals surface area contributed by atoms with E-state index in [1.165, 1.54) is 0 Å². The minimum atomic E-state index is -0.710. The van der Waals surface area contributed by atoms with E-state index < -0.39 is 11.2 Å². The number of esters is 1. The van der Waals surface area contributed by atoms with Crippen LogP contribution in [0.15, 0.2) is 0 Å². The molecule has 5 fully saturated rings. The molecule has 0 radical (unpaired) electrons. The van der Waals surface area contributed by atoms with E-state index in [2.05, 4.69) is 0 Å². The van der Waals surface area contributed by atoms with E-state index in [1.807, 2.05) is 6.92 Å². The molecular weight excluding hydrogens is 312 g/mol. The lowest BCUT2D eigenvalue weighted by molar-refractivity contribution is -0.390. The minimum absolute atomic E-state index is 0.0462. The predicted molar refractivity (Wildman–Crippen MR) is 83.9 cm³/mol. The van der Waals surface area contributed by atoms with Gasteiger partial charge in [-0.25, -0.2) is 0 Å². The molecule has 0 aromatic heterocycles. The molecule has 0 aromatic carbocycles. The molecule has 1 aliphatic heterocycles. The standard InChI is InChI=1S/C18H28O6/c1-2-22-15(21)17-5-12-3-13(6-17)18(14(4-12)7-17)23-10-16(8-19,9-20)11-24-18/h12-14,19-20H,2-11H2,1H3. The van der Waals surface area contributed by atoms with E-state index in [0.717, 1.165) is 32.1 Å². The lowest BCUT2D eigenvalue weighted by Gasteiger charge is -2.64. The molecule has 6 heteroatoms. The van der Waals surface area contributed by atoms with Crippen LogP contribution in [0.25, 0.3) is 0 Å². The second-order valence-corrected chi connectivity index (χ2v) is 8.46. The fourth-order valence-corrected chi connectivity index (χ4v) is 5.78. The van der Waals surface area contributed by atoms with Crippen LogP contribution in [0.5, 0.6) is 0 Å². The molecule has 4 saturated carbocycles. The van der Waals surface area contributed by atoms with E-state index in [4.69, 9.17) is 14.2 Å². The highest BCUT2D eigenvalue weighted by Crippen LogP contribution is 2.66. The van der Waals surface area contributed by atoms with Gasteiger partial charge in [-0.05, 0) is 44.9 Å². The molecular formula is C18H28O6. The largest absolute Gasteiger partial charge is 0.466 e. The number of hydrogen-bond donors (Lipinski definition) is 2. The third-order valence-electron chi connectivity index (χ3n) is 6.91. The first-order chi connectivity index (χ1) is 11.5. The second-order valence-electron chi connectivity index (χ2n) is 8.46. The Labute approximate surface area is 142 Å².